The van der Waals surface area contributed by atoms with Crippen molar-refractivity contribution in [3.8, 4) is 0 Å². The van der Waals surface area contributed by atoms with Gasteiger partial charge < -0.3 is 10.1 Å². The van der Waals surface area contributed by atoms with Crippen LogP contribution in [0.5, 0.6) is 0 Å². The van der Waals surface area contributed by atoms with Crippen LogP contribution in [0.3, 0.4) is 0 Å². The van der Waals surface area contributed by atoms with Crippen LogP contribution >= 0.6 is 11.3 Å². The van der Waals surface area contributed by atoms with Crippen LogP contribution in [0.4, 0.5) is 0 Å². The van der Waals surface area contributed by atoms with Crippen LogP contribution in [0.2, 0.25) is 0 Å². The Labute approximate surface area is 153 Å². The van der Waals surface area contributed by atoms with Crippen LogP contribution in [0.15, 0.2) is 35.7 Å². The molecule has 0 radical (unpaired) electrons. The lowest BCUT2D eigenvalue weighted by Crippen LogP contribution is -2.35. The topological polar surface area (TPSA) is 54.5 Å². The summed E-state index contributed by atoms with van der Waals surface area (Å²) in [5, 5.41) is 6.07. The van der Waals surface area contributed by atoms with E-state index in [0.29, 0.717) is 13.0 Å². The third-order valence-electron chi connectivity index (χ3n) is 4.21. The molecule has 2 aromatic rings. The fraction of sp³-hybridized carbons (Fsp3) is 0.474. The molecule has 5 nitrogen and oxygen atoms in total. The third-order valence-corrected chi connectivity index (χ3v) is 5.09. The van der Waals surface area contributed by atoms with Crippen molar-refractivity contribution in [1.82, 2.24) is 15.2 Å². The third kappa shape index (κ3) is 6.23. The van der Waals surface area contributed by atoms with Gasteiger partial charge in [0.05, 0.1) is 31.9 Å². The number of rotatable bonds is 8. The molecule has 1 fully saturated rings. The normalized spacial score (nSPS) is 15.2. The van der Waals surface area contributed by atoms with E-state index in [1.807, 2.05) is 23.6 Å². The number of carbonyl (C=O) groups excluding carboxylic acids is 1. The number of aromatic nitrogens is 1. The second kappa shape index (κ2) is 9.65. The SMILES string of the molecule is O=C(Cc1csc(CN2CCOCC2)n1)NCCCc1ccccc1. The molecular weight excluding hydrogens is 334 g/mol. The molecule has 1 amide bonds. The number of nitrogens with zero attached hydrogens (tertiary/aromatic N) is 2. The Bertz CT molecular complexity index is 654. The van der Waals surface area contributed by atoms with Gasteiger partial charge in [0, 0.05) is 25.0 Å². The molecule has 1 saturated heterocycles. The molecule has 1 aromatic heterocycles. The average Bonchev–Trinajstić information content (AvgIpc) is 3.07. The molecule has 134 valence electrons. The van der Waals surface area contributed by atoms with Crippen molar-refractivity contribution < 1.29 is 9.53 Å². The van der Waals surface area contributed by atoms with E-state index in [1.165, 1.54) is 5.56 Å². The predicted molar refractivity (Wildman–Crippen MR) is 99.7 cm³/mol. The summed E-state index contributed by atoms with van der Waals surface area (Å²) in [6.07, 6.45) is 2.31. The molecule has 2 heterocycles. The largest absolute Gasteiger partial charge is 0.379 e. The summed E-state index contributed by atoms with van der Waals surface area (Å²) >= 11 is 1.64. The van der Waals surface area contributed by atoms with Crippen molar-refractivity contribution in [1.29, 1.82) is 0 Å². The number of ether oxygens (including phenoxy) is 1. The first-order chi connectivity index (χ1) is 12.3. The second-order valence-electron chi connectivity index (χ2n) is 6.24. The summed E-state index contributed by atoms with van der Waals surface area (Å²) < 4.78 is 5.36. The van der Waals surface area contributed by atoms with Crippen molar-refractivity contribution >= 4 is 17.2 Å². The van der Waals surface area contributed by atoms with Crippen molar-refractivity contribution in [2.24, 2.45) is 0 Å². The number of thiazole rings is 1. The Balaban J connectivity index is 1.35. The molecule has 0 saturated carbocycles. The number of amides is 1. The molecule has 0 aliphatic carbocycles. The minimum atomic E-state index is 0.0521. The highest BCUT2D eigenvalue weighted by Gasteiger charge is 2.13. The highest BCUT2D eigenvalue weighted by Crippen LogP contribution is 2.14. The van der Waals surface area contributed by atoms with Gasteiger partial charge in [0.2, 0.25) is 5.91 Å². The van der Waals surface area contributed by atoms with Gasteiger partial charge in [0.25, 0.3) is 0 Å². The predicted octanol–water partition coefficient (Wildman–Crippen LogP) is 2.27. The lowest BCUT2D eigenvalue weighted by atomic mass is 10.1. The fourth-order valence-electron chi connectivity index (χ4n) is 2.85. The zero-order valence-corrected chi connectivity index (χ0v) is 15.3. The molecule has 0 spiro atoms. The summed E-state index contributed by atoms with van der Waals surface area (Å²) in [5.74, 6) is 0.0521. The first-order valence-electron chi connectivity index (χ1n) is 8.83. The van der Waals surface area contributed by atoms with Gasteiger partial charge in [-0.25, -0.2) is 4.98 Å². The van der Waals surface area contributed by atoms with Crippen molar-refractivity contribution in [3.05, 3.63) is 52.0 Å². The molecule has 0 unspecified atom stereocenters. The molecule has 3 rings (SSSR count). The lowest BCUT2D eigenvalue weighted by Gasteiger charge is -2.25. The first kappa shape index (κ1) is 18.0. The van der Waals surface area contributed by atoms with Gasteiger partial charge in [-0.1, -0.05) is 30.3 Å². The Morgan fingerprint density at radius 2 is 2.04 bits per heavy atom. The molecule has 0 atom stereocenters. The van der Waals surface area contributed by atoms with E-state index < -0.39 is 0 Å². The Kier molecular flexibility index (Phi) is 6.97. The van der Waals surface area contributed by atoms with Crippen LogP contribution in [0, 0.1) is 0 Å². The lowest BCUT2D eigenvalue weighted by molar-refractivity contribution is -0.120. The second-order valence-corrected chi connectivity index (χ2v) is 7.18. The Morgan fingerprint density at radius 3 is 2.84 bits per heavy atom. The zero-order valence-electron chi connectivity index (χ0n) is 14.4. The standard InChI is InChI=1S/C19H25N3O2S/c23-18(20-8-4-7-16-5-2-1-3-6-16)13-17-15-25-19(21-17)14-22-9-11-24-12-10-22/h1-3,5-6,15H,4,7-14H2,(H,20,23). The van der Waals surface area contributed by atoms with Crippen molar-refractivity contribution in [3.63, 3.8) is 0 Å². The van der Waals surface area contributed by atoms with E-state index in [1.54, 1.807) is 11.3 Å². The van der Waals surface area contributed by atoms with E-state index >= 15 is 0 Å². The number of nitrogens with one attached hydrogen (secondary N) is 1. The summed E-state index contributed by atoms with van der Waals surface area (Å²) in [5.41, 5.74) is 2.18. The van der Waals surface area contributed by atoms with E-state index in [9.17, 15) is 4.79 Å². The van der Waals surface area contributed by atoms with Crippen LogP contribution in [0.25, 0.3) is 0 Å². The van der Waals surface area contributed by atoms with Gasteiger partial charge >= 0.3 is 0 Å². The molecule has 25 heavy (non-hydrogen) atoms. The van der Waals surface area contributed by atoms with Gasteiger partial charge in [-0.15, -0.1) is 11.3 Å². The summed E-state index contributed by atoms with van der Waals surface area (Å²) in [6.45, 7) is 5.06. The number of morpholine rings is 1. The van der Waals surface area contributed by atoms with Gasteiger partial charge in [-0.05, 0) is 18.4 Å². The summed E-state index contributed by atoms with van der Waals surface area (Å²) in [4.78, 5) is 19.0. The van der Waals surface area contributed by atoms with E-state index in [-0.39, 0.29) is 5.91 Å². The maximum Gasteiger partial charge on any atom is 0.226 e. The number of benzene rings is 1. The van der Waals surface area contributed by atoms with E-state index in [2.05, 4.69) is 27.3 Å². The molecule has 1 N–H and O–H groups in total. The van der Waals surface area contributed by atoms with Crippen molar-refractivity contribution in [2.45, 2.75) is 25.8 Å². The number of aryl methyl sites for hydroxylation is 1. The monoisotopic (exact) mass is 359 g/mol. The Morgan fingerprint density at radius 1 is 1.24 bits per heavy atom. The number of hydrogen-bond donors (Lipinski definition) is 1. The minimum absolute atomic E-state index is 0.0521. The number of carbonyl (C=O) groups is 1. The number of hydrogen-bond acceptors (Lipinski definition) is 5. The molecule has 1 aliphatic heterocycles. The van der Waals surface area contributed by atoms with E-state index in [4.69, 9.17) is 4.74 Å². The average molecular weight is 359 g/mol. The quantitative estimate of drug-likeness (QED) is 0.735. The molecule has 1 aliphatic rings. The van der Waals surface area contributed by atoms with Gasteiger partial charge in [-0.2, -0.15) is 0 Å². The highest BCUT2D eigenvalue weighted by atomic mass is 32.1. The highest BCUT2D eigenvalue weighted by molar-refractivity contribution is 7.09. The molecular formula is C19H25N3O2S. The van der Waals surface area contributed by atoms with Gasteiger partial charge in [0.15, 0.2) is 0 Å². The Hall–Kier alpha value is -1.76. The molecule has 0 bridgehead atoms. The van der Waals surface area contributed by atoms with Crippen LogP contribution in [-0.2, 0) is 28.9 Å². The van der Waals surface area contributed by atoms with Crippen LogP contribution in [0.1, 0.15) is 22.7 Å². The van der Waals surface area contributed by atoms with Gasteiger partial charge in [0.1, 0.15) is 5.01 Å². The van der Waals surface area contributed by atoms with Crippen molar-refractivity contribution in [2.75, 3.05) is 32.8 Å². The first-order valence-corrected chi connectivity index (χ1v) is 9.71. The fourth-order valence-corrected chi connectivity index (χ4v) is 3.68. The summed E-state index contributed by atoms with van der Waals surface area (Å²) in [6, 6.07) is 10.3. The van der Waals surface area contributed by atoms with Crippen LogP contribution < -0.4 is 5.32 Å². The maximum absolute atomic E-state index is 12.0. The summed E-state index contributed by atoms with van der Waals surface area (Å²) in [7, 11) is 0. The van der Waals surface area contributed by atoms with Crippen LogP contribution in [-0.4, -0.2) is 48.6 Å². The maximum atomic E-state index is 12.0. The molecule has 1 aromatic carbocycles. The zero-order chi connectivity index (χ0) is 17.3. The molecule has 6 heteroatoms. The smallest absolute Gasteiger partial charge is 0.226 e. The minimum Gasteiger partial charge on any atom is -0.379 e. The van der Waals surface area contributed by atoms with Gasteiger partial charge in [-0.3, -0.25) is 9.69 Å². The van der Waals surface area contributed by atoms with E-state index in [0.717, 1.165) is 56.4 Å².